The fourth-order valence-electron chi connectivity index (χ4n) is 2.86. The number of benzene rings is 1. The fraction of sp³-hybridized carbons (Fsp3) is 0.294. The van der Waals surface area contributed by atoms with Gasteiger partial charge in [0, 0.05) is 10.4 Å². The lowest BCUT2D eigenvalue weighted by Gasteiger charge is -2.07. The van der Waals surface area contributed by atoms with Crippen LogP contribution in [-0.2, 0) is 12.8 Å². The predicted molar refractivity (Wildman–Crippen MR) is 89.7 cm³/mol. The number of nitrogens with zero attached hydrogens (tertiary/aromatic N) is 1. The van der Waals surface area contributed by atoms with Gasteiger partial charge < -0.3 is 20.6 Å². The van der Waals surface area contributed by atoms with Crippen molar-refractivity contribution in [1.82, 2.24) is 0 Å². The molecule has 0 saturated heterocycles. The summed E-state index contributed by atoms with van der Waals surface area (Å²) in [4.78, 5) is 13.5. The first-order valence-electron chi connectivity index (χ1n) is 7.62. The van der Waals surface area contributed by atoms with Crippen LogP contribution in [0.25, 0.3) is 0 Å². The molecule has 0 fully saturated rings. The van der Waals surface area contributed by atoms with Crippen molar-refractivity contribution >= 4 is 22.2 Å². The van der Waals surface area contributed by atoms with Crippen molar-refractivity contribution < 1.29 is 20.1 Å². The monoisotopic (exact) mass is 344 g/mol. The average Bonchev–Trinajstić information content (AvgIpc) is 2.72. The number of phenols is 3. The molecule has 0 saturated carbocycles. The highest BCUT2D eigenvalue weighted by Crippen LogP contribution is 2.38. The Morgan fingerprint density at radius 3 is 2.46 bits per heavy atom. The Labute approximate surface area is 142 Å². The van der Waals surface area contributed by atoms with Crippen LogP contribution in [0, 0.1) is 11.3 Å². The first-order valence-corrected chi connectivity index (χ1v) is 8.44. The SMILES string of the molecule is N#Cc1c(NC(=O)c2cc(O)c(O)c(O)c2)sc2c1CCCCC2. The largest absolute Gasteiger partial charge is 0.504 e. The molecular weight excluding hydrogens is 328 g/mol. The maximum Gasteiger partial charge on any atom is 0.256 e. The molecule has 0 radical (unpaired) electrons. The Morgan fingerprint density at radius 1 is 1.12 bits per heavy atom. The number of fused-ring (bicyclic) bond motifs is 1. The van der Waals surface area contributed by atoms with Gasteiger partial charge in [0.05, 0.1) is 5.56 Å². The van der Waals surface area contributed by atoms with Gasteiger partial charge in [0.2, 0.25) is 0 Å². The van der Waals surface area contributed by atoms with Crippen LogP contribution in [0.3, 0.4) is 0 Å². The minimum atomic E-state index is -0.674. The molecule has 1 aromatic carbocycles. The van der Waals surface area contributed by atoms with Gasteiger partial charge in [0.1, 0.15) is 11.1 Å². The Kier molecular flexibility index (Phi) is 4.32. The maximum absolute atomic E-state index is 12.4. The van der Waals surface area contributed by atoms with Crippen LogP contribution in [0.2, 0.25) is 0 Å². The number of rotatable bonds is 2. The number of carbonyl (C=O) groups excluding carboxylic acids is 1. The quantitative estimate of drug-likeness (QED) is 0.493. The van der Waals surface area contributed by atoms with E-state index in [1.165, 1.54) is 11.3 Å². The van der Waals surface area contributed by atoms with Crippen LogP contribution in [0.5, 0.6) is 17.2 Å². The molecule has 6 nitrogen and oxygen atoms in total. The summed E-state index contributed by atoms with van der Waals surface area (Å²) in [5.41, 5.74) is 1.51. The van der Waals surface area contributed by atoms with Crippen molar-refractivity contribution in [3.63, 3.8) is 0 Å². The molecule has 1 heterocycles. The van der Waals surface area contributed by atoms with Crippen molar-refractivity contribution in [2.45, 2.75) is 32.1 Å². The molecule has 0 bridgehead atoms. The first kappa shape index (κ1) is 16.1. The summed E-state index contributed by atoms with van der Waals surface area (Å²) in [5, 5.41) is 41.0. The van der Waals surface area contributed by atoms with Crippen molar-refractivity contribution in [2.24, 2.45) is 0 Å². The predicted octanol–water partition coefficient (Wildman–Crippen LogP) is 3.26. The number of phenolic OH excluding ortho intramolecular Hbond substituents is 3. The second-order valence-electron chi connectivity index (χ2n) is 5.70. The molecule has 4 N–H and O–H groups in total. The third-order valence-electron chi connectivity index (χ3n) is 4.09. The summed E-state index contributed by atoms with van der Waals surface area (Å²) >= 11 is 1.41. The van der Waals surface area contributed by atoms with Gasteiger partial charge in [-0.25, -0.2) is 0 Å². The standard InChI is InChI=1S/C17H16N2O4S/c18-8-11-10-4-2-1-3-5-14(10)24-17(11)19-16(23)9-6-12(20)15(22)13(21)7-9/h6-7,20-22H,1-5H2,(H,19,23). The summed E-state index contributed by atoms with van der Waals surface area (Å²) in [6, 6.07) is 4.31. The van der Waals surface area contributed by atoms with E-state index in [9.17, 15) is 25.4 Å². The molecule has 1 aliphatic carbocycles. The van der Waals surface area contributed by atoms with Gasteiger partial charge in [0.15, 0.2) is 17.2 Å². The van der Waals surface area contributed by atoms with Crippen molar-refractivity contribution in [3.8, 4) is 23.3 Å². The summed E-state index contributed by atoms with van der Waals surface area (Å²) in [6.07, 6.45) is 4.99. The minimum Gasteiger partial charge on any atom is -0.504 e. The first-order chi connectivity index (χ1) is 11.5. The Balaban J connectivity index is 1.91. The summed E-state index contributed by atoms with van der Waals surface area (Å²) in [7, 11) is 0. The van der Waals surface area contributed by atoms with Gasteiger partial charge in [-0.2, -0.15) is 5.26 Å². The number of hydrogen-bond donors (Lipinski definition) is 4. The number of carbonyl (C=O) groups is 1. The summed E-state index contributed by atoms with van der Waals surface area (Å²) < 4.78 is 0. The zero-order valence-corrected chi connectivity index (χ0v) is 13.6. The lowest BCUT2D eigenvalue weighted by molar-refractivity contribution is 0.102. The van der Waals surface area contributed by atoms with E-state index in [-0.39, 0.29) is 5.56 Å². The van der Waals surface area contributed by atoms with Gasteiger partial charge in [-0.3, -0.25) is 4.79 Å². The van der Waals surface area contributed by atoms with E-state index in [0.29, 0.717) is 10.6 Å². The molecule has 3 rings (SSSR count). The van der Waals surface area contributed by atoms with Crippen LogP contribution >= 0.6 is 11.3 Å². The van der Waals surface area contributed by atoms with Gasteiger partial charge in [-0.05, 0) is 43.4 Å². The number of aryl methyl sites for hydroxylation is 1. The lowest BCUT2D eigenvalue weighted by Crippen LogP contribution is -2.11. The van der Waals surface area contributed by atoms with E-state index >= 15 is 0 Å². The zero-order chi connectivity index (χ0) is 17.3. The Hall–Kier alpha value is -2.72. The number of nitriles is 1. The topological polar surface area (TPSA) is 114 Å². The van der Waals surface area contributed by atoms with Crippen LogP contribution in [0.1, 0.15) is 45.6 Å². The van der Waals surface area contributed by atoms with Crippen molar-refractivity contribution in [1.29, 1.82) is 5.26 Å². The van der Waals surface area contributed by atoms with E-state index in [0.717, 1.165) is 54.7 Å². The molecule has 0 aliphatic heterocycles. The molecule has 124 valence electrons. The average molecular weight is 344 g/mol. The number of anilines is 1. The highest BCUT2D eigenvalue weighted by Gasteiger charge is 2.22. The summed E-state index contributed by atoms with van der Waals surface area (Å²) in [6.45, 7) is 0. The highest BCUT2D eigenvalue weighted by molar-refractivity contribution is 7.16. The lowest BCUT2D eigenvalue weighted by atomic mass is 10.1. The normalized spacial score (nSPS) is 13.6. The van der Waals surface area contributed by atoms with E-state index in [1.54, 1.807) is 0 Å². The molecule has 1 aliphatic rings. The van der Waals surface area contributed by atoms with Gasteiger partial charge in [0.25, 0.3) is 5.91 Å². The third kappa shape index (κ3) is 2.88. The smallest absolute Gasteiger partial charge is 0.256 e. The van der Waals surface area contributed by atoms with Crippen LogP contribution in [0.15, 0.2) is 12.1 Å². The van der Waals surface area contributed by atoms with Crippen molar-refractivity contribution in [3.05, 3.63) is 33.7 Å². The molecule has 0 unspecified atom stereocenters. The minimum absolute atomic E-state index is 0.00437. The van der Waals surface area contributed by atoms with Crippen LogP contribution < -0.4 is 5.32 Å². The summed E-state index contributed by atoms with van der Waals surface area (Å²) in [5.74, 6) is -2.40. The second-order valence-corrected chi connectivity index (χ2v) is 6.80. The van der Waals surface area contributed by atoms with E-state index in [1.807, 2.05) is 0 Å². The molecule has 1 amide bonds. The highest BCUT2D eigenvalue weighted by atomic mass is 32.1. The number of nitrogens with one attached hydrogen (secondary N) is 1. The number of hydrogen-bond acceptors (Lipinski definition) is 6. The molecular formula is C17H16N2O4S. The van der Waals surface area contributed by atoms with Crippen LogP contribution in [-0.4, -0.2) is 21.2 Å². The van der Waals surface area contributed by atoms with Gasteiger partial charge >= 0.3 is 0 Å². The molecule has 24 heavy (non-hydrogen) atoms. The number of amides is 1. The number of aromatic hydroxyl groups is 3. The molecule has 2 aromatic rings. The third-order valence-corrected chi connectivity index (χ3v) is 5.30. The van der Waals surface area contributed by atoms with Gasteiger partial charge in [-0.1, -0.05) is 6.42 Å². The van der Waals surface area contributed by atoms with Crippen LogP contribution in [0.4, 0.5) is 5.00 Å². The van der Waals surface area contributed by atoms with E-state index < -0.39 is 23.2 Å². The molecule has 0 spiro atoms. The number of thiophene rings is 1. The molecule has 7 heteroatoms. The Bertz CT molecular complexity index is 828. The second kappa shape index (κ2) is 6.42. The maximum atomic E-state index is 12.4. The zero-order valence-electron chi connectivity index (χ0n) is 12.8. The molecule has 0 atom stereocenters. The van der Waals surface area contributed by atoms with Crippen molar-refractivity contribution in [2.75, 3.05) is 5.32 Å². The van der Waals surface area contributed by atoms with E-state index in [2.05, 4.69) is 11.4 Å². The fourth-order valence-corrected chi connectivity index (χ4v) is 4.09. The van der Waals surface area contributed by atoms with Gasteiger partial charge in [-0.15, -0.1) is 11.3 Å². The van der Waals surface area contributed by atoms with E-state index in [4.69, 9.17) is 0 Å². The molecule has 1 aromatic heterocycles. The Morgan fingerprint density at radius 2 is 1.79 bits per heavy atom.